The van der Waals surface area contributed by atoms with Crippen molar-refractivity contribution in [1.82, 2.24) is 10.3 Å². The van der Waals surface area contributed by atoms with Crippen LogP contribution in [0.2, 0.25) is 5.02 Å². The molecule has 1 amide bonds. The van der Waals surface area contributed by atoms with Crippen LogP contribution in [-0.2, 0) is 11.2 Å². The highest BCUT2D eigenvalue weighted by molar-refractivity contribution is 6.33. The molecular formula is C22H23ClN2O3. The zero-order valence-corrected chi connectivity index (χ0v) is 16.7. The maximum atomic E-state index is 12.3. The fourth-order valence-electron chi connectivity index (χ4n) is 2.85. The van der Waals surface area contributed by atoms with E-state index in [0.717, 1.165) is 16.9 Å². The molecule has 0 spiro atoms. The lowest BCUT2D eigenvalue weighted by atomic mass is 10.1. The minimum Gasteiger partial charge on any atom is -0.494 e. The Morgan fingerprint density at radius 3 is 2.68 bits per heavy atom. The number of ether oxygens (including phenoxy) is 1. The summed E-state index contributed by atoms with van der Waals surface area (Å²) in [6, 6.07) is 15.1. The van der Waals surface area contributed by atoms with E-state index >= 15 is 0 Å². The third-order valence-electron chi connectivity index (χ3n) is 4.33. The average molecular weight is 399 g/mol. The molecule has 1 heterocycles. The van der Waals surface area contributed by atoms with Crippen molar-refractivity contribution in [1.29, 1.82) is 0 Å². The van der Waals surface area contributed by atoms with Gasteiger partial charge in [-0.15, -0.1) is 0 Å². The SMILES string of the molecule is CCOc1ccc(C(C)NC(=O)CCc2ncc(-c3ccccc3Cl)o2)cc1. The molecule has 146 valence electrons. The van der Waals surface area contributed by atoms with Gasteiger partial charge in [-0.2, -0.15) is 0 Å². The topological polar surface area (TPSA) is 64.4 Å². The summed E-state index contributed by atoms with van der Waals surface area (Å²) in [5, 5.41) is 3.60. The van der Waals surface area contributed by atoms with Crippen molar-refractivity contribution in [2.75, 3.05) is 6.61 Å². The smallest absolute Gasteiger partial charge is 0.220 e. The number of aromatic nitrogens is 1. The summed E-state index contributed by atoms with van der Waals surface area (Å²) in [6.07, 6.45) is 2.35. The van der Waals surface area contributed by atoms with Crippen molar-refractivity contribution in [2.24, 2.45) is 0 Å². The van der Waals surface area contributed by atoms with Crippen LogP contribution in [0.4, 0.5) is 0 Å². The zero-order valence-electron chi connectivity index (χ0n) is 15.9. The van der Waals surface area contributed by atoms with E-state index in [0.29, 0.717) is 36.1 Å². The molecule has 3 rings (SSSR count). The van der Waals surface area contributed by atoms with Crippen LogP contribution in [0.1, 0.15) is 37.8 Å². The van der Waals surface area contributed by atoms with Crippen LogP contribution >= 0.6 is 11.6 Å². The van der Waals surface area contributed by atoms with Gasteiger partial charge in [0.1, 0.15) is 5.75 Å². The third-order valence-corrected chi connectivity index (χ3v) is 4.66. The van der Waals surface area contributed by atoms with Gasteiger partial charge in [0.2, 0.25) is 5.91 Å². The van der Waals surface area contributed by atoms with E-state index in [1.54, 1.807) is 12.3 Å². The van der Waals surface area contributed by atoms with Gasteiger partial charge in [0.05, 0.1) is 23.9 Å². The first-order valence-electron chi connectivity index (χ1n) is 9.28. The Morgan fingerprint density at radius 1 is 1.21 bits per heavy atom. The molecule has 0 aliphatic carbocycles. The molecule has 1 aromatic heterocycles. The second-order valence-corrected chi connectivity index (χ2v) is 6.80. The van der Waals surface area contributed by atoms with Gasteiger partial charge in [-0.3, -0.25) is 4.79 Å². The van der Waals surface area contributed by atoms with Gasteiger partial charge in [0.25, 0.3) is 0 Å². The number of carbonyl (C=O) groups excluding carboxylic acids is 1. The fourth-order valence-corrected chi connectivity index (χ4v) is 3.08. The van der Waals surface area contributed by atoms with Crippen LogP contribution < -0.4 is 10.1 Å². The first-order valence-corrected chi connectivity index (χ1v) is 9.66. The third kappa shape index (κ3) is 5.14. The van der Waals surface area contributed by atoms with Gasteiger partial charge in [0, 0.05) is 18.4 Å². The maximum absolute atomic E-state index is 12.3. The minimum absolute atomic E-state index is 0.0566. The fraction of sp³-hybridized carbons (Fsp3) is 0.273. The second-order valence-electron chi connectivity index (χ2n) is 6.39. The second kappa shape index (κ2) is 9.42. The Hall–Kier alpha value is -2.79. The van der Waals surface area contributed by atoms with Crippen molar-refractivity contribution < 1.29 is 13.9 Å². The predicted molar refractivity (Wildman–Crippen MR) is 109 cm³/mol. The van der Waals surface area contributed by atoms with Gasteiger partial charge >= 0.3 is 0 Å². The van der Waals surface area contributed by atoms with Crippen molar-refractivity contribution >= 4 is 17.5 Å². The van der Waals surface area contributed by atoms with Gasteiger partial charge in [-0.05, 0) is 43.7 Å². The average Bonchev–Trinajstić information content (AvgIpc) is 3.16. The number of oxazole rings is 1. The molecule has 0 fully saturated rings. The monoisotopic (exact) mass is 398 g/mol. The molecule has 2 aromatic carbocycles. The van der Waals surface area contributed by atoms with Crippen LogP contribution in [0.15, 0.2) is 59.1 Å². The predicted octanol–water partition coefficient (Wildman–Crippen LogP) is 5.20. The van der Waals surface area contributed by atoms with E-state index in [1.807, 2.05) is 56.3 Å². The quantitative estimate of drug-likeness (QED) is 0.566. The molecule has 0 saturated carbocycles. The van der Waals surface area contributed by atoms with Gasteiger partial charge < -0.3 is 14.5 Å². The number of halogens is 1. The lowest BCUT2D eigenvalue weighted by Crippen LogP contribution is -2.26. The summed E-state index contributed by atoms with van der Waals surface area (Å²) < 4.78 is 11.2. The van der Waals surface area contributed by atoms with E-state index in [9.17, 15) is 4.79 Å². The molecule has 3 aromatic rings. The standard InChI is InChI=1S/C22H23ClN2O3/c1-3-27-17-10-8-16(9-11-17)15(2)25-21(26)12-13-22-24-14-20(28-22)18-6-4-5-7-19(18)23/h4-11,14-15H,3,12-13H2,1-2H3,(H,25,26). The molecule has 1 unspecified atom stereocenters. The number of amides is 1. The number of nitrogens with zero attached hydrogens (tertiary/aromatic N) is 1. The van der Waals surface area contributed by atoms with E-state index in [1.165, 1.54) is 0 Å². The summed E-state index contributed by atoms with van der Waals surface area (Å²) in [4.78, 5) is 16.5. The Morgan fingerprint density at radius 2 is 1.96 bits per heavy atom. The Labute approximate surface area is 169 Å². The van der Waals surface area contributed by atoms with Crippen LogP contribution in [0.25, 0.3) is 11.3 Å². The van der Waals surface area contributed by atoms with Crippen molar-refractivity contribution in [3.63, 3.8) is 0 Å². The number of nitrogens with one attached hydrogen (secondary N) is 1. The molecule has 1 atom stereocenters. The number of carbonyl (C=O) groups is 1. The highest BCUT2D eigenvalue weighted by atomic mass is 35.5. The molecule has 0 aliphatic heterocycles. The first kappa shape index (κ1) is 20.0. The van der Waals surface area contributed by atoms with Crippen LogP contribution in [-0.4, -0.2) is 17.5 Å². The molecular weight excluding hydrogens is 376 g/mol. The Balaban J connectivity index is 1.52. The van der Waals surface area contributed by atoms with Crippen molar-refractivity contribution in [3.8, 4) is 17.1 Å². The Bertz CT molecular complexity index is 922. The van der Waals surface area contributed by atoms with E-state index in [-0.39, 0.29) is 11.9 Å². The number of hydrogen-bond donors (Lipinski definition) is 1. The van der Waals surface area contributed by atoms with Crippen LogP contribution in [0.3, 0.4) is 0 Å². The summed E-state index contributed by atoms with van der Waals surface area (Å²) in [5.74, 6) is 1.88. The Kier molecular flexibility index (Phi) is 6.71. The summed E-state index contributed by atoms with van der Waals surface area (Å²) in [7, 11) is 0. The van der Waals surface area contributed by atoms with E-state index in [2.05, 4.69) is 10.3 Å². The van der Waals surface area contributed by atoms with Gasteiger partial charge in [-0.1, -0.05) is 35.9 Å². The van der Waals surface area contributed by atoms with Gasteiger partial charge in [-0.25, -0.2) is 4.98 Å². The van der Waals surface area contributed by atoms with E-state index in [4.69, 9.17) is 20.8 Å². The van der Waals surface area contributed by atoms with Crippen molar-refractivity contribution in [2.45, 2.75) is 32.7 Å². The molecule has 1 N–H and O–H groups in total. The summed E-state index contributed by atoms with van der Waals surface area (Å²) in [5.41, 5.74) is 1.81. The lowest BCUT2D eigenvalue weighted by molar-refractivity contribution is -0.121. The number of aryl methyl sites for hydroxylation is 1. The zero-order chi connectivity index (χ0) is 19.9. The highest BCUT2D eigenvalue weighted by Crippen LogP contribution is 2.28. The minimum atomic E-state index is -0.0913. The number of rotatable bonds is 8. The molecule has 0 radical (unpaired) electrons. The van der Waals surface area contributed by atoms with Crippen LogP contribution in [0, 0.1) is 0 Å². The molecule has 6 heteroatoms. The van der Waals surface area contributed by atoms with Crippen LogP contribution in [0.5, 0.6) is 5.75 Å². The number of hydrogen-bond acceptors (Lipinski definition) is 4. The molecule has 0 aliphatic rings. The maximum Gasteiger partial charge on any atom is 0.220 e. The molecule has 5 nitrogen and oxygen atoms in total. The van der Waals surface area contributed by atoms with E-state index < -0.39 is 0 Å². The summed E-state index contributed by atoms with van der Waals surface area (Å²) >= 11 is 6.18. The summed E-state index contributed by atoms with van der Waals surface area (Å²) in [6.45, 7) is 4.53. The molecule has 0 saturated heterocycles. The highest BCUT2D eigenvalue weighted by Gasteiger charge is 2.13. The largest absolute Gasteiger partial charge is 0.494 e. The van der Waals surface area contributed by atoms with Crippen molar-refractivity contribution in [3.05, 3.63) is 71.2 Å². The lowest BCUT2D eigenvalue weighted by Gasteiger charge is -2.14. The van der Waals surface area contributed by atoms with Gasteiger partial charge in [0.15, 0.2) is 11.7 Å². The normalized spacial score (nSPS) is 11.8. The number of benzene rings is 2. The molecule has 0 bridgehead atoms. The first-order chi connectivity index (χ1) is 13.6. The molecule has 28 heavy (non-hydrogen) atoms.